The monoisotopic (exact) mass is 450 g/mol. The van der Waals surface area contributed by atoms with Gasteiger partial charge in [-0.1, -0.05) is 0 Å². The van der Waals surface area contributed by atoms with E-state index in [1.807, 2.05) is 0 Å². The number of hydrogen-bond acceptors (Lipinski definition) is 5. The number of sulfone groups is 1. The van der Waals surface area contributed by atoms with Gasteiger partial charge in [0.25, 0.3) is 0 Å². The quantitative estimate of drug-likeness (QED) is 0.670. The molecule has 0 unspecified atom stereocenters. The molecule has 3 heterocycles. The summed E-state index contributed by atoms with van der Waals surface area (Å²) in [6.45, 7) is 6.83. The molecule has 1 aliphatic rings. The highest BCUT2D eigenvalue weighted by atomic mass is 127. The topological polar surface area (TPSA) is 69.9 Å². The molecule has 126 valence electrons. The van der Waals surface area contributed by atoms with Crippen LogP contribution in [0.2, 0.25) is 0 Å². The van der Waals surface area contributed by atoms with Crippen molar-refractivity contribution in [3.8, 4) is 5.75 Å². The van der Waals surface area contributed by atoms with Gasteiger partial charge in [-0.15, -0.1) is 0 Å². The van der Waals surface area contributed by atoms with Crippen LogP contribution >= 0.6 is 22.6 Å². The highest BCUT2D eigenvalue weighted by Gasteiger charge is 2.34. The van der Waals surface area contributed by atoms with Gasteiger partial charge in [0.05, 0.1) is 30.8 Å². The molecule has 1 fully saturated rings. The molecule has 0 bridgehead atoms. The van der Waals surface area contributed by atoms with Crippen molar-refractivity contribution in [3.05, 3.63) is 22.2 Å². The van der Waals surface area contributed by atoms with Gasteiger partial charge in [-0.05, 0) is 43.4 Å². The minimum atomic E-state index is -3.54. The largest absolute Gasteiger partial charge is 0.492 e. The lowest BCUT2D eigenvalue weighted by molar-refractivity contribution is -0.0512. The van der Waals surface area contributed by atoms with Crippen LogP contribution in [0.3, 0.4) is 0 Å². The van der Waals surface area contributed by atoms with Crippen LogP contribution in [0.25, 0.3) is 5.65 Å². The fraction of sp³-hybridized carbons (Fsp3) is 0.533. The molecule has 1 saturated heterocycles. The predicted octanol–water partition coefficient (Wildman–Crippen LogP) is 2.54. The fourth-order valence-corrected chi connectivity index (χ4v) is 4.00. The van der Waals surface area contributed by atoms with Gasteiger partial charge in [-0.3, -0.25) is 4.40 Å². The maximum atomic E-state index is 12.9. The van der Waals surface area contributed by atoms with Crippen LogP contribution < -0.4 is 4.74 Å². The molecule has 6 nitrogen and oxygen atoms in total. The van der Waals surface area contributed by atoms with Crippen LogP contribution in [0.5, 0.6) is 5.75 Å². The van der Waals surface area contributed by atoms with E-state index in [1.165, 1.54) is 0 Å². The first-order chi connectivity index (χ1) is 10.7. The van der Waals surface area contributed by atoms with Crippen molar-refractivity contribution >= 4 is 38.1 Å². The first kappa shape index (κ1) is 17.0. The van der Waals surface area contributed by atoms with E-state index in [0.717, 1.165) is 3.70 Å². The summed E-state index contributed by atoms with van der Waals surface area (Å²) in [6, 6.07) is 1.69. The second kappa shape index (κ2) is 5.89. The van der Waals surface area contributed by atoms with Crippen LogP contribution in [-0.4, -0.2) is 42.4 Å². The Balaban J connectivity index is 2.09. The van der Waals surface area contributed by atoms with E-state index in [2.05, 4.69) is 27.6 Å². The van der Waals surface area contributed by atoms with Crippen LogP contribution in [-0.2, 0) is 14.6 Å². The Labute approximate surface area is 149 Å². The molecule has 1 aliphatic heterocycles. The number of ether oxygens (including phenoxy) is 2. The molecular formula is C15H19IN2O4S. The summed E-state index contributed by atoms with van der Waals surface area (Å²) in [5.41, 5.74) is 0.669. The molecule has 8 heteroatoms. The summed E-state index contributed by atoms with van der Waals surface area (Å²) in [5.74, 6) is 0.678. The third-order valence-electron chi connectivity index (χ3n) is 3.81. The summed E-state index contributed by atoms with van der Waals surface area (Å²) in [6.07, 6.45) is 3.31. The zero-order chi connectivity index (χ0) is 16.8. The van der Waals surface area contributed by atoms with Crippen molar-refractivity contribution in [2.75, 3.05) is 19.8 Å². The van der Waals surface area contributed by atoms with Crippen LogP contribution in [0.4, 0.5) is 0 Å². The van der Waals surface area contributed by atoms with Crippen molar-refractivity contribution in [2.45, 2.75) is 30.4 Å². The zero-order valence-corrected chi connectivity index (χ0v) is 16.2. The molecule has 0 atom stereocenters. The van der Waals surface area contributed by atoms with Crippen molar-refractivity contribution < 1.29 is 17.9 Å². The average molecular weight is 450 g/mol. The van der Waals surface area contributed by atoms with Crippen LogP contribution in [0.1, 0.15) is 20.8 Å². The Morgan fingerprint density at radius 2 is 2.13 bits per heavy atom. The summed E-state index contributed by atoms with van der Waals surface area (Å²) >= 11 is 2.13. The molecule has 23 heavy (non-hydrogen) atoms. The molecule has 2 aromatic heterocycles. The third kappa shape index (κ3) is 3.08. The van der Waals surface area contributed by atoms with Gasteiger partial charge in [-0.25, -0.2) is 13.4 Å². The second-order valence-corrected chi connectivity index (χ2v) is 10.4. The van der Waals surface area contributed by atoms with Gasteiger partial charge in [0.15, 0.2) is 9.84 Å². The SMILES string of the molecule is CC(C)(C)S(=O)(=O)c1cn2c(I)cnc2cc1OCC1COC1. The molecule has 0 saturated carbocycles. The number of aromatic nitrogens is 2. The first-order valence-corrected chi connectivity index (χ1v) is 9.88. The van der Waals surface area contributed by atoms with Crippen molar-refractivity contribution in [1.29, 1.82) is 0 Å². The maximum absolute atomic E-state index is 12.9. The molecule has 0 aliphatic carbocycles. The molecule has 0 amide bonds. The Morgan fingerprint density at radius 3 is 2.70 bits per heavy atom. The summed E-state index contributed by atoms with van der Waals surface area (Å²) in [5, 5.41) is 0. The lowest BCUT2D eigenvalue weighted by Gasteiger charge is -2.27. The van der Waals surface area contributed by atoms with Gasteiger partial charge in [0, 0.05) is 18.2 Å². The number of hydrogen-bond donors (Lipinski definition) is 0. The van der Waals surface area contributed by atoms with Gasteiger partial charge >= 0.3 is 0 Å². The Hall–Kier alpha value is -0.870. The maximum Gasteiger partial charge on any atom is 0.188 e. The van der Waals surface area contributed by atoms with Gasteiger partial charge < -0.3 is 9.47 Å². The number of pyridine rings is 1. The highest BCUT2D eigenvalue weighted by Crippen LogP contribution is 2.34. The molecule has 2 aromatic rings. The van der Waals surface area contributed by atoms with E-state index < -0.39 is 14.6 Å². The third-order valence-corrected chi connectivity index (χ3v) is 7.10. The normalized spacial score (nSPS) is 16.5. The lowest BCUT2D eigenvalue weighted by atomic mass is 10.1. The predicted molar refractivity (Wildman–Crippen MR) is 94.7 cm³/mol. The lowest BCUT2D eigenvalue weighted by Crippen LogP contribution is -2.33. The van der Waals surface area contributed by atoms with Gasteiger partial charge in [0.2, 0.25) is 0 Å². The van der Waals surface area contributed by atoms with Crippen molar-refractivity contribution in [2.24, 2.45) is 5.92 Å². The van der Waals surface area contributed by atoms with E-state index in [4.69, 9.17) is 9.47 Å². The second-order valence-electron chi connectivity index (χ2n) is 6.64. The molecule has 3 rings (SSSR count). The van der Waals surface area contributed by atoms with E-state index in [-0.39, 0.29) is 4.90 Å². The van der Waals surface area contributed by atoms with Crippen LogP contribution in [0.15, 0.2) is 23.4 Å². The number of nitrogens with zero attached hydrogens (tertiary/aromatic N) is 2. The minimum absolute atomic E-state index is 0.202. The Morgan fingerprint density at radius 1 is 1.43 bits per heavy atom. The van der Waals surface area contributed by atoms with Gasteiger partial charge in [0.1, 0.15) is 20.0 Å². The summed E-state index contributed by atoms with van der Waals surface area (Å²) < 4.78 is 38.5. The van der Waals surface area contributed by atoms with Crippen LogP contribution in [0, 0.1) is 9.62 Å². The molecule has 0 aromatic carbocycles. The number of fused-ring (bicyclic) bond motifs is 1. The fourth-order valence-electron chi connectivity index (χ4n) is 2.19. The highest BCUT2D eigenvalue weighted by molar-refractivity contribution is 14.1. The average Bonchev–Trinajstić information content (AvgIpc) is 2.76. The standard InChI is InChI=1S/C15H19IN2O4S/c1-15(2,3)23(19,20)12-6-18-13(16)5-17-14(18)4-11(12)22-9-10-7-21-8-10/h4-6,10H,7-9H2,1-3H3. The van der Waals surface area contributed by atoms with Crippen molar-refractivity contribution in [1.82, 2.24) is 9.38 Å². The van der Waals surface area contributed by atoms with E-state index in [9.17, 15) is 8.42 Å². The summed E-state index contributed by atoms with van der Waals surface area (Å²) in [4.78, 5) is 4.48. The zero-order valence-electron chi connectivity index (χ0n) is 13.2. The van der Waals surface area contributed by atoms with E-state index in [0.29, 0.717) is 37.1 Å². The number of halogens is 1. The Kier molecular flexibility index (Phi) is 4.35. The molecule has 0 N–H and O–H groups in total. The Bertz CT molecular complexity index is 835. The molecular weight excluding hydrogens is 431 g/mol. The van der Waals surface area contributed by atoms with E-state index >= 15 is 0 Å². The minimum Gasteiger partial charge on any atom is -0.492 e. The number of rotatable bonds is 4. The number of imidazole rings is 1. The molecule has 0 spiro atoms. The van der Waals surface area contributed by atoms with E-state index in [1.54, 1.807) is 43.6 Å². The van der Waals surface area contributed by atoms with Crippen molar-refractivity contribution in [3.63, 3.8) is 0 Å². The molecule has 0 radical (unpaired) electrons. The first-order valence-electron chi connectivity index (χ1n) is 7.32. The smallest absolute Gasteiger partial charge is 0.188 e. The summed E-state index contributed by atoms with van der Waals surface area (Å²) in [7, 11) is -3.54. The van der Waals surface area contributed by atoms with Gasteiger partial charge in [-0.2, -0.15) is 0 Å².